The van der Waals surface area contributed by atoms with E-state index in [1.807, 2.05) is 0 Å². The summed E-state index contributed by atoms with van der Waals surface area (Å²) in [6.07, 6.45) is 0.836. The molecule has 1 aliphatic heterocycles. The van der Waals surface area contributed by atoms with Crippen LogP contribution in [0.4, 0.5) is 0 Å². The van der Waals surface area contributed by atoms with Crippen LogP contribution < -0.4 is 5.73 Å². The summed E-state index contributed by atoms with van der Waals surface area (Å²) in [5.41, 5.74) is 6.27. The maximum atomic E-state index is 12.5. The van der Waals surface area contributed by atoms with Crippen molar-refractivity contribution in [3.8, 4) is 0 Å². The zero-order valence-corrected chi connectivity index (χ0v) is 11.8. The Kier molecular flexibility index (Phi) is 3.96. The Morgan fingerprint density at radius 1 is 1.50 bits per heavy atom. The highest BCUT2D eigenvalue weighted by atomic mass is 35.5. The lowest BCUT2D eigenvalue weighted by Gasteiger charge is -2.18. The minimum atomic E-state index is -3.41. The van der Waals surface area contributed by atoms with Gasteiger partial charge in [0.25, 0.3) is 0 Å². The molecule has 4 nitrogen and oxygen atoms in total. The molecule has 0 saturated carbocycles. The van der Waals surface area contributed by atoms with Crippen LogP contribution in [0.15, 0.2) is 23.1 Å². The standard InChI is InChI=1S/C12H17ClN2O2S/c1-9-6-11(13)2-3-12(9)18(16,17)15-5-4-10(7-14)8-15/h2-3,6,10H,4-5,7-8,14H2,1H3/t10-/m0/s1. The van der Waals surface area contributed by atoms with E-state index in [0.29, 0.717) is 35.1 Å². The summed E-state index contributed by atoms with van der Waals surface area (Å²) < 4.78 is 26.5. The number of sulfonamides is 1. The fourth-order valence-electron chi connectivity index (χ4n) is 2.25. The molecule has 2 rings (SSSR count). The average Bonchev–Trinajstić information content (AvgIpc) is 2.77. The molecule has 6 heteroatoms. The van der Waals surface area contributed by atoms with Crippen LogP contribution in [0.5, 0.6) is 0 Å². The normalized spacial score (nSPS) is 21.4. The van der Waals surface area contributed by atoms with Crippen LogP contribution in [0.3, 0.4) is 0 Å². The summed E-state index contributed by atoms with van der Waals surface area (Å²) in [6, 6.07) is 4.85. The molecule has 1 saturated heterocycles. The summed E-state index contributed by atoms with van der Waals surface area (Å²) in [6.45, 7) is 3.36. The van der Waals surface area contributed by atoms with Gasteiger partial charge in [0.05, 0.1) is 4.90 Å². The van der Waals surface area contributed by atoms with E-state index in [0.717, 1.165) is 6.42 Å². The Balaban J connectivity index is 2.31. The quantitative estimate of drug-likeness (QED) is 0.919. The van der Waals surface area contributed by atoms with Gasteiger partial charge in [0.15, 0.2) is 0 Å². The van der Waals surface area contributed by atoms with Crippen molar-refractivity contribution >= 4 is 21.6 Å². The molecule has 0 bridgehead atoms. The summed E-state index contributed by atoms with van der Waals surface area (Å²) in [4.78, 5) is 0.338. The van der Waals surface area contributed by atoms with Crippen molar-refractivity contribution in [3.63, 3.8) is 0 Å². The number of hydrogen-bond acceptors (Lipinski definition) is 3. The average molecular weight is 289 g/mol. The van der Waals surface area contributed by atoms with Crippen molar-refractivity contribution in [2.45, 2.75) is 18.2 Å². The first-order valence-electron chi connectivity index (χ1n) is 5.91. The number of nitrogens with two attached hydrogens (primary N) is 1. The maximum absolute atomic E-state index is 12.5. The topological polar surface area (TPSA) is 63.4 Å². The smallest absolute Gasteiger partial charge is 0.243 e. The molecular formula is C12H17ClN2O2S. The first kappa shape index (κ1) is 13.8. The molecule has 0 amide bonds. The molecule has 0 aromatic heterocycles. The van der Waals surface area contributed by atoms with E-state index >= 15 is 0 Å². The zero-order chi connectivity index (χ0) is 13.3. The number of hydrogen-bond donors (Lipinski definition) is 1. The molecule has 1 aromatic rings. The monoisotopic (exact) mass is 288 g/mol. The molecule has 0 spiro atoms. The van der Waals surface area contributed by atoms with Crippen LogP contribution in [0.25, 0.3) is 0 Å². The molecule has 1 heterocycles. The lowest BCUT2D eigenvalue weighted by molar-refractivity contribution is 0.458. The Morgan fingerprint density at radius 3 is 2.78 bits per heavy atom. The van der Waals surface area contributed by atoms with Crippen LogP contribution in [-0.2, 0) is 10.0 Å². The lowest BCUT2D eigenvalue weighted by Crippen LogP contribution is -2.30. The van der Waals surface area contributed by atoms with Gasteiger partial charge in [-0.2, -0.15) is 4.31 Å². The molecule has 1 atom stereocenters. The summed E-state index contributed by atoms with van der Waals surface area (Å²) in [5, 5.41) is 0.549. The third kappa shape index (κ3) is 2.54. The minimum absolute atomic E-state index is 0.271. The van der Waals surface area contributed by atoms with Gasteiger partial charge in [-0.15, -0.1) is 0 Å². The van der Waals surface area contributed by atoms with Gasteiger partial charge in [-0.25, -0.2) is 8.42 Å². The first-order chi connectivity index (χ1) is 8.45. The van der Waals surface area contributed by atoms with E-state index in [9.17, 15) is 8.42 Å². The van der Waals surface area contributed by atoms with Crippen LogP contribution in [0, 0.1) is 12.8 Å². The number of benzene rings is 1. The highest BCUT2D eigenvalue weighted by molar-refractivity contribution is 7.89. The molecule has 100 valence electrons. The van der Waals surface area contributed by atoms with Crippen molar-refractivity contribution in [3.05, 3.63) is 28.8 Å². The Morgan fingerprint density at radius 2 is 2.22 bits per heavy atom. The SMILES string of the molecule is Cc1cc(Cl)ccc1S(=O)(=O)N1CC[C@@H](CN)C1. The summed E-state index contributed by atoms with van der Waals surface area (Å²) in [7, 11) is -3.41. The van der Waals surface area contributed by atoms with Gasteiger partial charge >= 0.3 is 0 Å². The number of halogens is 1. The van der Waals surface area contributed by atoms with E-state index in [1.165, 1.54) is 4.31 Å². The Labute approximate surface area is 113 Å². The van der Waals surface area contributed by atoms with E-state index < -0.39 is 10.0 Å². The molecule has 0 radical (unpaired) electrons. The second-order valence-corrected chi connectivity index (χ2v) is 7.01. The second-order valence-electron chi connectivity index (χ2n) is 4.66. The van der Waals surface area contributed by atoms with Gasteiger partial charge in [0, 0.05) is 18.1 Å². The second kappa shape index (κ2) is 5.17. The molecule has 1 aromatic carbocycles. The molecule has 2 N–H and O–H groups in total. The Hall–Kier alpha value is -0.620. The number of aryl methyl sites for hydroxylation is 1. The molecule has 1 aliphatic rings. The first-order valence-corrected chi connectivity index (χ1v) is 7.73. The minimum Gasteiger partial charge on any atom is -0.330 e. The van der Waals surface area contributed by atoms with Crippen LogP contribution in [-0.4, -0.2) is 32.4 Å². The van der Waals surface area contributed by atoms with Gasteiger partial charge in [0.1, 0.15) is 0 Å². The molecule has 1 fully saturated rings. The molecule has 0 unspecified atom stereocenters. The van der Waals surface area contributed by atoms with E-state index in [4.69, 9.17) is 17.3 Å². The van der Waals surface area contributed by atoms with Crippen LogP contribution in [0.1, 0.15) is 12.0 Å². The van der Waals surface area contributed by atoms with Crippen molar-refractivity contribution in [1.82, 2.24) is 4.31 Å². The van der Waals surface area contributed by atoms with E-state index in [1.54, 1.807) is 25.1 Å². The predicted molar refractivity (Wildman–Crippen MR) is 72.1 cm³/mol. The lowest BCUT2D eigenvalue weighted by atomic mass is 10.1. The van der Waals surface area contributed by atoms with Gasteiger partial charge < -0.3 is 5.73 Å². The van der Waals surface area contributed by atoms with Gasteiger partial charge in [0.2, 0.25) is 10.0 Å². The maximum Gasteiger partial charge on any atom is 0.243 e. The molecular weight excluding hydrogens is 272 g/mol. The summed E-state index contributed by atoms with van der Waals surface area (Å²) in [5.74, 6) is 0.271. The summed E-state index contributed by atoms with van der Waals surface area (Å²) >= 11 is 5.85. The largest absolute Gasteiger partial charge is 0.330 e. The highest BCUT2D eigenvalue weighted by Gasteiger charge is 2.32. The van der Waals surface area contributed by atoms with Gasteiger partial charge in [-0.1, -0.05) is 11.6 Å². The number of rotatable bonds is 3. The van der Waals surface area contributed by atoms with E-state index in [-0.39, 0.29) is 5.92 Å². The van der Waals surface area contributed by atoms with Gasteiger partial charge in [-0.05, 0) is 49.6 Å². The zero-order valence-electron chi connectivity index (χ0n) is 10.3. The van der Waals surface area contributed by atoms with Crippen molar-refractivity contribution < 1.29 is 8.42 Å². The third-order valence-electron chi connectivity index (χ3n) is 3.34. The van der Waals surface area contributed by atoms with Crippen LogP contribution in [0.2, 0.25) is 5.02 Å². The Bertz CT molecular complexity index is 545. The fraction of sp³-hybridized carbons (Fsp3) is 0.500. The van der Waals surface area contributed by atoms with Crippen molar-refractivity contribution in [2.24, 2.45) is 11.7 Å². The molecule has 0 aliphatic carbocycles. The van der Waals surface area contributed by atoms with Crippen molar-refractivity contribution in [1.29, 1.82) is 0 Å². The fourth-order valence-corrected chi connectivity index (χ4v) is 4.21. The van der Waals surface area contributed by atoms with Crippen molar-refractivity contribution in [2.75, 3.05) is 19.6 Å². The van der Waals surface area contributed by atoms with Crippen LogP contribution >= 0.6 is 11.6 Å². The highest BCUT2D eigenvalue weighted by Crippen LogP contribution is 2.27. The number of nitrogens with zero attached hydrogens (tertiary/aromatic N) is 1. The predicted octanol–water partition coefficient (Wildman–Crippen LogP) is 1.62. The van der Waals surface area contributed by atoms with E-state index in [2.05, 4.69) is 0 Å². The molecule has 18 heavy (non-hydrogen) atoms. The third-order valence-corrected chi connectivity index (χ3v) is 5.60. The van der Waals surface area contributed by atoms with Gasteiger partial charge in [-0.3, -0.25) is 0 Å².